The van der Waals surface area contributed by atoms with Gasteiger partial charge in [0.05, 0.1) is 5.69 Å². The highest BCUT2D eigenvalue weighted by molar-refractivity contribution is 5.89. The van der Waals surface area contributed by atoms with Crippen molar-refractivity contribution in [3.8, 4) is 0 Å². The van der Waals surface area contributed by atoms with E-state index in [0.29, 0.717) is 5.69 Å². The molecule has 4 heteroatoms. The zero-order valence-corrected chi connectivity index (χ0v) is 6.99. The topological polar surface area (TPSA) is 50.2 Å². The minimum absolute atomic E-state index is 0.297. The van der Waals surface area contributed by atoms with E-state index < -0.39 is 11.8 Å². The normalized spacial score (nSPS) is 11.4. The lowest BCUT2D eigenvalue weighted by Gasteiger charge is -1.93. The standard InChI is InChI=1S/C9H8FNO2/c1-6-2-3-7(11-5-6)4-8(10)9(12)13/h2-5H,1H3,(H,12,13)/b8-4-. The first-order valence-electron chi connectivity index (χ1n) is 3.63. The largest absolute Gasteiger partial charge is 0.476 e. The Morgan fingerprint density at radius 3 is 2.77 bits per heavy atom. The van der Waals surface area contributed by atoms with Crippen LogP contribution in [0, 0.1) is 6.92 Å². The summed E-state index contributed by atoms with van der Waals surface area (Å²) in [5, 5.41) is 8.23. The van der Waals surface area contributed by atoms with Crippen molar-refractivity contribution in [2.45, 2.75) is 6.92 Å². The Balaban J connectivity index is 2.92. The zero-order chi connectivity index (χ0) is 9.84. The summed E-state index contributed by atoms with van der Waals surface area (Å²) < 4.78 is 12.5. The average molecular weight is 181 g/mol. The highest BCUT2D eigenvalue weighted by Crippen LogP contribution is 2.06. The monoisotopic (exact) mass is 181 g/mol. The van der Waals surface area contributed by atoms with Crippen molar-refractivity contribution >= 4 is 12.0 Å². The molecule has 1 aromatic heterocycles. The summed E-state index contributed by atoms with van der Waals surface area (Å²) in [5.74, 6) is -2.79. The summed E-state index contributed by atoms with van der Waals surface area (Å²) in [4.78, 5) is 13.9. The minimum atomic E-state index is -1.58. The van der Waals surface area contributed by atoms with Crippen molar-refractivity contribution in [1.29, 1.82) is 0 Å². The number of aliphatic carboxylic acids is 1. The van der Waals surface area contributed by atoms with Gasteiger partial charge < -0.3 is 5.11 Å². The molecule has 0 fully saturated rings. The van der Waals surface area contributed by atoms with Gasteiger partial charge in [-0.05, 0) is 18.6 Å². The van der Waals surface area contributed by atoms with Crippen molar-refractivity contribution < 1.29 is 14.3 Å². The van der Waals surface area contributed by atoms with E-state index in [4.69, 9.17) is 5.11 Å². The fourth-order valence-electron chi connectivity index (χ4n) is 0.756. The van der Waals surface area contributed by atoms with Crippen molar-refractivity contribution in [2.24, 2.45) is 0 Å². The number of rotatable bonds is 2. The van der Waals surface area contributed by atoms with Gasteiger partial charge in [0.25, 0.3) is 0 Å². The number of carboxylic acid groups (broad SMARTS) is 1. The molecule has 68 valence electrons. The number of halogens is 1. The molecule has 0 aliphatic heterocycles. The van der Waals surface area contributed by atoms with Gasteiger partial charge in [-0.25, -0.2) is 4.79 Å². The quantitative estimate of drug-likeness (QED) is 0.707. The highest BCUT2D eigenvalue weighted by atomic mass is 19.1. The number of hydrogen-bond acceptors (Lipinski definition) is 2. The predicted octanol–water partition coefficient (Wildman–Crippen LogP) is 1.79. The van der Waals surface area contributed by atoms with Crippen LogP contribution in [0.3, 0.4) is 0 Å². The molecule has 13 heavy (non-hydrogen) atoms. The molecule has 1 rings (SSSR count). The van der Waals surface area contributed by atoms with E-state index in [-0.39, 0.29) is 0 Å². The smallest absolute Gasteiger partial charge is 0.364 e. The van der Waals surface area contributed by atoms with Crippen LogP contribution in [0.1, 0.15) is 11.3 Å². The second-order valence-electron chi connectivity index (χ2n) is 2.56. The summed E-state index contributed by atoms with van der Waals surface area (Å²) >= 11 is 0. The average Bonchev–Trinajstić information content (AvgIpc) is 2.08. The van der Waals surface area contributed by atoms with Gasteiger partial charge in [-0.1, -0.05) is 6.07 Å². The van der Waals surface area contributed by atoms with Crippen LogP contribution >= 0.6 is 0 Å². The lowest BCUT2D eigenvalue weighted by Crippen LogP contribution is -1.94. The van der Waals surface area contributed by atoms with Crippen molar-refractivity contribution in [3.05, 3.63) is 35.4 Å². The molecule has 0 aromatic carbocycles. The van der Waals surface area contributed by atoms with Crippen molar-refractivity contribution in [2.75, 3.05) is 0 Å². The van der Waals surface area contributed by atoms with Gasteiger partial charge in [0, 0.05) is 12.3 Å². The molecule has 0 aliphatic carbocycles. The van der Waals surface area contributed by atoms with Gasteiger partial charge in [-0.3, -0.25) is 4.98 Å². The summed E-state index contributed by atoms with van der Waals surface area (Å²) in [5.41, 5.74) is 1.23. The maximum absolute atomic E-state index is 12.5. The third-order valence-electron chi connectivity index (χ3n) is 1.41. The molecule has 0 amide bonds. The van der Waals surface area contributed by atoms with E-state index in [0.717, 1.165) is 11.6 Å². The second kappa shape index (κ2) is 3.80. The van der Waals surface area contributed by atoms with E-state index >= 15 is 0 Å². The van der Waals surface area contributed by atoms with Gasteiger partial charge in [-0.15, -0.1) is 0 Å². The summed E-state index contributed by atoms with van der Waals surface area (Å²) in [6.07, 6.45) is 2.42. The van der Waals surface area contributed by atoms with E-state index in [1.165, 1.54) is 0 Å². The Morgan fingerprint density at radius 2 is 2.31 bits per heavy atom. The fraction of sp³-hybridized carbons (Fsp3) is 0.111. The van der Waals surface area contributed by atoms with Crippen LogP contribution in [-0.4, -0.2) is 16.1 Å². The summed E-state index contributed by atoms with van der Waals surface area (Å²) in [7, 11) is 0. The van der Waals surface area contributed by atoms with Gasteiger partial charge in [-0.2, -0.15) is 4.39 Å². The van der Waals surface area contributed by atoms with Gasteiger partial charge in [0.2, 0.25) is 5.83 Å². The molecule has 1 heterocycles. The number of carboxylic acids is 1. The van der Waals surface area contributed by atoms with E-state index in [2.05, 4.69) is 4.98 Å². The third-order valence-corrected chi connectivity index (χ3v) is 1.41. The maximum Gasteiger partial charge on any atom is 0.364 e. The van der Waals surface area contributed by atoms with Gasteiger partial charge in [0.15, 0.2) is 0 Å². The Hall–Kier alpha value is -1.71. The van der Waals surface area contributed by atoms with Crippen LogP contribution in [0.2, 0.25) is 0 Å². The van der Waals surface area contributed by atoms with E-state index in [1.807, 2.05) is 6.92 Å². The first-order valence-corrected chi connectivity index (χ1v) is 3.63. The molecule has 0 radical (unpaired) electrons. The van der Waals surface area contributed by atoms with Crippen molar-refractivity contribution in [1.82, 2.24) is 4.98 Å². The molecule has 3 nitrogen and oxygen atoms in total. The van der Waals surface area contributed by atoms with Crippen LogP contribution in [0.15, 0.2) is 24.2 Å². The Morgan fingerprint density at radius 1 is 1.62 bits per heavy atom. The lowest BCUT2D eigenvalue weighted by molar-refractivity contribution is -0.134. The fourth-order valence-corrected chi connectivity index (χ4v) is 0.756. The molecular weight excluding hydrogens is 173 g/mol. The van der Waals surface area contributed by atoms with Gasteiger partial charge >= 0.3 is 5.97 Å². The summed E-state index contributed by atoms with van der Waals surface area (Å²) in [6, 6.07) is 3.28. The molecular formula is C9H8FNO2. The van der Waals surface area contributed by atoms with Crippen LogP contribution < -0.4 is 0 Å². The number of nitrogens with zero attached hydrogens (tertiary/aromatic N) is 1. The van der Waals surface area contributed by atoms with Crippen LogP contribution in [0.25, 0.3) is 6.08 Å². The SMILES string of the molecule is Cc1ccc(/C=C(\F)C(=O)O)nc1. The zero-order valence-electron chi connectivity index (χ0n) is 6.99. The molecule has 0 saturated carbocycles. The number of pyridine rings is 1. The van der Waals surface area contributed by atoms with E-state index in [1.54, 1.807) is 18.3 Å². The third kappa shape index (κ3) is 2.66. The highest BCUT2D eigenvalue weighted by Gasteiger charge is 2.04. The molecule has 0 aliphatic rings. The lowest BCUT2D eigenvalue weighted by atomic mass is 10.2. The predicted molar refractivity (Wildman–Crippen MR) is 45.7 cm³/mol. The minimum Gasteiger partial charge on any atom is -0.476 e. The first-order chi connectivity index (χ1) is 6.09. The Bertz CT molecular complexity index is 343. The first kappa shape index (κ1) is 9.38. The molecule has 0 unspecified atom stereocenters. The number of aryl methyl sites for hydroxylation is 1. The van der Waals surface area contributed by atoms with Crippen LogP contribution in [0.4, 0.5) is 4.39 Å². The molecule has 1 aromatic rings. The molecule has 0 bridgehead atoms. The Kier molecular flexibility index (Phi) is 2.74. The Labute approximate surface area is 74.5 Å². The van der Waals surface area contributed by atoms with E-state index in [9.17, 15) is 9.18 Å². The molecule has 0 spiro atoms. The molecule has 1 N–H and O–H groups in total. The van der Waals surface area contributed by atoms with Crippen LogP contribution in [0.5, 0.6) is 0 Å². The number of hydrogen-bond donors (Lipinski definition) is 1. The summed E-state index contributed by atoms with van der Waals surface area (Å²) in [6.45, 7) is 1.84. The second-order valence-corrected chi connectivity index (χ2v) is 2.56. The maximum atomic E-state index is 12.5. The molecule has 0 atom stereocenters. The van der Waals surface area contributed by atoms with Crippen LogP contribution in [-0.2, 0) is 4.79 Å². The molecule has 0 saturated heterocycles. The number of carbonyl (C=O) groups is 1. The number of aromatic nitrogens is 1. The van der Waals surface area contributed by atoms with Crippen molar-refractivity contribution in [3.63, 3.8) is 0 Å². The van der Waals surface area contributed by atoms with Gasteiger partial charge in [0.1, 0.15) is 0 Å².